The summed E-state index contributed by atoms with van der Waals surface area (Å²) in [6.45, 7) is -1.11. The first-order valence-electron chi connectivity index (χ1n) is 17.4. The second-order valence-electron chi connectivity index (χ2n) is 12.7. The van der Waals surface area contributed by atoms with Gasteiger partial charge in [-0.2, -0.15) is 0 Å². The topological polar surface area (TPSA) is 244 Å². The molecular formula is C31H54N5O13PS2. The van der Waals surface area contributed by atoms with E-state index in [-0.39, 0.29) is 19.1 Å². The Balaban J connectivity index is 1.34. The van der Waals surface area contributed by atoms with Crippen LogP contribution in [0.5, 0.6) is 0 Å². The predicted molar refractivity (Wildman–Crippen MR) is 196 cm³/mol. The summed E-state index contributed by atoms with van der Waals surface area (Å²) in [5.41, 5.74) is -1.14. The molecule has 0 spiro atoms. The molecule has 10 atom stereocenters. The Hall–Kier alpha value is -1.91. The van der Waals surface area contributed by atoms with Gasteiger partial charge in [0.05, 0.1) is 13.2 Å². The van der Waals surface area contributed by atoms with Gasteiger partial charge in [-0.05, 0) is 49.7 Å². The molecule has 298 valence electrons. The van der Waals surface area contributed by atoms with E-state index in [1.165, 1.54) is 38.0 Å². The molecule has 2 fully saturated rings. The maximum Gasteiger partial charge on any atom is 0.330 e. The number of carbonyl (C=O) groups is 1. The maximum atomic E-state index is 12.6. The van der Waals surface area contributed by atoms with Gasteiger partial charge in [0, 0.05) is 59.0 Å². The standard InChI is InChI=1S/C31H54N5O13PS2/c1-19(38)34-24-26(41)25(40)21(17-37)48-29(24)46-16-10-9-14-33-30(51)32-13-8-6-4-5-7-11-20-27(49-50(43,52)45-3)22(18-44-2)47-28(20)36-15-12-23(39)35-31(36)42/h12,15,20-22,24-29,37,40-41H,4-11,13-14,16-18H2,1-3H3,(H,34,38)(H,43,52)(H2,32,33,51)(H,35,39,42)/t20?,21-,22-,24-,25+,26-,27-,28-,29-,50?/m1/s1. The van der Waals surface area contributed by atoms with Gasteiger partial charge in [0.1, 0.15) is 42.8 Å². The number of hydrogen-bond donors (Lipinski definition) is 8. The third-order valence-electron chi connectivity index (χ3n) is 8.80. The number of carbonyl (C=O) groups excluding carboxylic acids is 1. The van der Waals surface area contributed by atoms with Crippen LogP contribution in [0.1, 0.15) is 64.5 Å². The van der Waals surface area contributed by atoms with E-state index in [9.17, 15) is 34.6 Å². The Bertz CT molecular complexity index is 1420. The lowest BCUT2D eigenvalue weighted by Gasteiger charge is -2.42. The molecule has 21 heteroatoms. The Labute approximate surface area is 313 Å². The van der Waals surface area contributed by atoms with Gasteiger partial charge in [-0.25, -0.2) is 4.79 Å². The lowest BCUT2D eigenvalue weighted by molar-refractivity contribution is -0.270. The summed E-state index contributed by atoms with van der Waals surface area (Å²) in [6, 6.07) is 0.270. The number of amides is 1. The van der Waals surface area contributed by atoms with Crippen LogP contribution in [0.3, 0.4) is 0 Å². The Morgan fingerprint density at radius 1 is 1.02 bits per heavy atom. The average Bonchev–Trinajstić information content (AvgIpc) is 3.41. The van der Waals surface area contributed by atoms with E-state index in [1.54, 1.807) is 0 Å². The van der Waals surface area contributed by atoms with Crippen molar-refractivity contribution in [1.29, 1.82) is 0 Å². The van der Waals surface area contributed by atoms with Crippen molar-refractivity contribution >= 4 is 41.8 Å². The van der Waals surface area contributed by atoms with E-state index in [2.05, 4.69) is 20.9 Å². The minimum Gasteiger partial charge on any atom is -0.394 e. The highest BCUT2D eigenvalue weighted by Crippen LogP contribution is 2.50. The molecule has 0 aliphatic carbocycles. The van der Waals surface area contributed by atoms with Gasteiger partial charge in [0.2, 0.25) is 5.91 Å². The number of aromatic nitrogens is 2. The molecule has 1 aromatic rings. The van der Waals surface area contributed by atoms with E-state index in [0.29, 0.717) is 31.0 Å². The number of nitrogens with one attached hydrogen (secondary N) is 4. The molecule has 2 unspecified atom stereocenters. The van der Waals surface area contributed by atoms with Crippen LogP contribution in [-0.2, 0) is 44.6 Å². The fourth-order valence-corrected chi connectivity index (χ4v) is 7.37. The molecule has 0 aromatic carbocycles. The summed E-state index contributed by atoms with van der Waals surface area (Å²) in [6.07, 6.45) is 0.912. The van der Waals surface area contributed by atoms with Crippen LogP contribution in [0.2, 0.25) is 0 Å². The summed E-state index contributed by atoms with van der Waals surface area (Å²) < 4.78 is 35.0. The SMILES string of the molecule is COC[C@H]1O[C@@H](n2ccc(=O)[nH]c2=O)C(CCCCCCCNC(=S)NCCCCO[C@@H]2O[C@H](CO)[C@H](O)[C@H](O)[C@H]2NC(C)=O)[C@H]1OP(O)(=S)OC. The summed E-state index contributed by atoms with van der Waals surface area (Å²) in [4.78, 5) is 48.6. The summed E-state index contributed by atoms with van der Waals surface area (Å²) in [5, 5.41) is 39.3. The van der Waals surface area contributed by atoms with E-state index < -0.39 is 79.6 Å². The molecule has 3 heterocycles. The summed E-state index contributed by atoms with van der Waals surface area (Å²) >= 11 is 10.5. The molecule has 52 heavy (non-hydrogen) atoms. The smallest absolute Gasteiger partial charge is 0.330 e. The van der Waals surface area contributed by atoms with Crippen LogP contribution < -0.4 is 27.2 Å². The van der Waals surface area contributed by atoms with Crippen molar-refractivity contribution in [3.63, 3.8) is 0 Å². The first-order valence-corrected chi connectivity index (χ1v) is 20.4. The van der Waals surface area contributed by atoms with Crippen LogP contribution in [0, 0.1) is 5.92 Å². The first-order chi connectivity index (χ1) is 24.8. The molecule has 8 N–H and O–H groups in total. The minimum absolute atomic E-state index is 0.134. The number of aliphatic hydroxyl groups is 3. The third kappa shape index (κ3) is 13.7. The van der Waals surface area contributed by atoms with E-state index in [1.807, 2.05) is 0 Å². The summed E-state index contributed by atoms with van der Waals surface area (Å²) in [5.74, 6) is -0.796. The van der Waals surface area contributed by atoms with Crippen molar-refractivity contribution in [2.45, 2.75) is 107 Å². The second kappa shape index (κ2) is 22.5. The molecule has 18 nitrogen and oxygen atoms in total. The minimum atomic E-state index is -3.57. The quantitative estimate of drug-likeness (QED) is 0.0418. The lowest BCUT2D eigenvalue weighted by atomic mass is 9.93. The Morgan fingerprint density at radius 2 is 1.69 bits per heavy atom. The number of H-pyrrole nitrogens is 1. The molecule has 0 radical (unpaired) electrons. The lowest BCUT2D eigenvalue weighted by Crippen LogP contribution is -2.64. The number of aliphatic hydroxyl groups excluding tert-OH is 3. The van der Waals surface area contributed by atoms with E-state index >= 15 is 0 Å². The van der Waals surface area contributed by atoms with Crippen LogP contribution in [-0.4, -0.2) is 131 Å². The fraction of sp³-hybridized carbons (Fsp3) is 0.806. The number of unbranched alkanes of at least 4 members (excludes halogenated alkanes) is 5. The van der Waals surface area contributed by atoms with Gasteiger partial charge >= 0.3 is 12.4 Å². The number of aromatic amines is 1. The average molecular weight is 800 g/mol. The maximum absolute atomic E-state index is 12.6. The zero-order chi connectivity index (χ0) is 38.3. The number of rotatable bonds is 22. The van der Waals surface area contributed by atoms with Gasteiger partial charge in [-0.15, -0.1) is 0 Å². The van der Waals surface area contributed by atoms with Crippen LogP contribution >= 0.6 is 18.9 Å². The highest BCUT2D eigenvalue weighted by molar-refractivity contribution is 8.07. The number of thiocarbonyl (C=S) groups is 1. The molecule has 3 rings (SSSR count). The zero-order valence-electron chi connectivity index (χ0n) is 29.7. The highest BCUT2D eigenvalue weighted by Gasteiger charge is 2.48. The highest BCUT2D eigenvalue weighted by atomic mass is 32.5. The van der Waals surface area contributed by atoms with E-state index in [4.69, 9.17) is 52.0 Å². The van der Waals surface area contributed by atoms with Crippen LogP contribution in [0.15, 0.2) is 21.9 Å². The Morgan fingerprint density at radius 3 is 2.33 bits per heavy atom. The van der Waals surface area contributed by atoms with Crippen LogP contribution in [0.25, 0.3) is 0 Å². The fourth-order valence-electron chi connectivity index (χ4n) is 6.18. The zero-order valence-corrected chi connectivity index (χ0v) is 32.2. The monoisotopic (exact) mass is 799 g/mol. The predicted octanol–water partition coefficient (Wildman–Crippen LogP) is -0.510. The van der Waals surface area contributed by atoms with Gasteiger partial charge < -0.3 is 64.2 Å². The van der Waals surface area contributed by atoms with E-state index in [0.717, 1.165) is 38.5 Å². The number of hydrogen-bond acceptors (Lipinski definition) is 14. The van der Waals surface area contributed by atoms with Crippen molar-refractivity contribution in [2.24, 2.45) is 5.92 Å². The normalized spacial score (nSPS) is 28.6. The van der Waals surface area contributed by atoms with Crippen molar-refractivity contribution in [2.75, 3.05) is 47.1 Å². The van der Waals surface area contributed by atoms with Gasteiger partial charge in [-0.1, -0.05) is 25.7 Å². The van der Waals surface area contributed by atoms with Crippen molar-refractivity contribution in [3.05, 3.63) is 33.1 Å². The molecular weight excluding hydrogens is 745 g/mol. The first kappa shape index (κ1) is 44.5. The number of ether oxygens (including phenoxy) is 4. The van der Waals surface area contributed by atoms with Crippen molar-refractivity contribution in [1.82, 2.24) is 25.5 Å². The second-order valence-corrected chi connectivity index (χ2v) is 16.0. The molecule has 2 aliphatic rings. The molecule has 1 aromatic heterocycles. The molecule has 0 bridgehead atoms. The van der Waals surface area contributed by atoms with Crippen molar-refractivity contribution < 1.29 is 53.0 Å². The largest absolute Gasteiger partial charge is 0.394 e. The third-order valence-corrected chi connectivity index (χ3v) is 10.8. The molecule has 1 amide bonds. The number of methoxy groups -OCH3 is 1. The molecule has 2 aliphatic heterocycles. The molecule has 0 saturated carbocycles. The van der Waals surface area contributed by atoms with Crippen LogP contribution in [0.4, 0.5) is 0 Å². The van der Waals surface area contributed by atoms with Crippen molar-refractivity contribution in [3.8, 4) is 0 Å². The van der Waals surface area contributed by atoms with Gasteiger partial charge in [-0.3, -0.25) is 19.1 Å². The number of nitrogens with zero attached hydrogens (tertiary/aromatic N) is 1. The van der Waals surface area contributed by atoms with Gasteiger partial charge in [0.25, 0.3) is 5.56 Å². The Kier molecular flexibility index (Phi) is 19.2. The summed E-state index contributed by atoms with van der Waals surface area (Å²) in [7, 11) is 2.78. The van der Waals surface area contributed by atoms with Gasteiger partial charge in [0.15, 0.2) is 11.4 Å². The molecule has 2 saturated heterocycles.